The normalized spacial score (nSPS) is 14.7. The molecule has 0 aromatic heterocycles. The minimum Gasteiger partial charge on any atom is -0.383 e. The van der Waals surface area contributed by atoms with Gasteiger partial charge in [-0.15, -0.1) is 0 Å². The molecule has 18 heavy (non-hydrogen) atoms. The quantitative estimate of drug-likeness (QED) is 0.769. The van der Waals surface area contributed by atoms with E-state index in [0.29, 0.717) is 13.2 Å². The van der Waals surface area contributed by atoms with Crippen LogP contribution >= 0.6 is 0 Å². The van der Waals surface area contributed by atoms with Gasteiger partial charge in [0.05, 0.1) is 12.1 Å². The number of hydrogen-bond acceptors (Lipinski definition) is 3. The van der Waals surface area contributed by atoms with Crippen LogP contribution in [0.2, 0.25) is 0 Å². The lowest BCUT2D eigenvalue weighted by Crippen LogP contribution is -2.56. The van der Waals surface area contributed by atoms with E-state index in [1.54, 1.807) is 7.11 Å². The summed E-state index contributed by atoms with van der Waals surface area (Å²) in [5, 5.41) is 0. The van der Waals surface area contributed by atoms with Crippen molar-refractivity contribution >= 4 is 0 Å². The van der Waals surface area contributed by atoms with Gasteiger partial charge < -0.3 is 10.5 Å². The Morgan fingerprint density at radius 3 is 2.33 bits per heavy atom. The van der Waals surface area contributed by atoms with Crippen molar-refractivity contribution in [3.05, 3.63) is 35.9 Å². The summed E-state index contributed by atoms with van der Waals surface area (Å²) in [6.45, 7) is 7.56. The highest BCUT2D eigenvalue weighted by Gasteiger charge is 2.32. The molecule has 0 fully saturated rings. The van der Waals surface area contributed by atoms with Gasteiger partial charge in [-0.1, -0.05) is 44.2 Å². The van der Waals surface area contributed by atoms with Gasteiger partial charge in [-0.2, -0.15) is 0 Å². The highest BCUT2D eigenvalue weighted by atomic mass is 16.5. The number of nitrogens with two attached hydrogens (primary N) is 1. The van der Waals surface area contributed by atoms with E-state index in [2.05, 4.69) is 43.0 Å². The summed E-state index contributed by atoms with van der Waals surface area (Å²) < 4.78 is 5.39. The average Bonchev–Trinajstić information content (AvgIpc) is 2.44. The first-order chi connectivity index (χ1) is 8.72. The standard InChI is InChI=1S/C15H26N2O/c1-4-15(12-16,13-18-3)17(5-2)11-14-9-7-6-8-10-14/h6-10H,4-5,11-13,16H2,1-3H3. The Hall–Kier alpha value is -0.900. The number of methoxy groups -OCH3 is 1. The zero-order chi connectivity index (χ0) is 13.4. The maximum absolute atomic E-state index is 6.01. The van der Waals surface area contributed by atoms with Gasteiger partial charge >= 0.3 is 0 Å². The van der Waals surface area contributed by atoms with Crippen LogP contribution in [0.3, 0.4) is 0 Å². The van der Waals surface area contributed by atoms with Gasteiger partial charge in [0.25, 0.3) is 0 Å². The van der Waals surface area contributed by atoms with Gasteiger partial charge in [0.1, 0.15) is 0 Å². The van der Waals surface area contributed by atoms with Crippen molar-refractivity contribution in [2.45, 2.75) is 32.4 Å². The van der Waals surface area contributed by atoms with Crippen LogP contribution in [-0.4, -0.2) is 37.2 Å². The van der Waals surface area contributed by atoms with E-state index in [-0.39, 0.29) is 5.54 Å². The predicted molar refractivity (Wildman–Crippen MR) is 76.5 cm³/mol. The van der Waals surface area contributed by atoms with E-state index in [1.165, 1.54) is 5.56 Å². The van der Waals surface area contributed by atoms with Crippen molar-refractivity contribution in [2.24, 2.45) is 5.73 Å². The third-order valence-electron chi connectivity index (χ3n) is 3.72. The summed E-state index contributed by atoms with van der Waals surface area (Å²) in [5.41, 5.74) is 7.28. The maximum atomic E-state index is 6.01. The number of benzene rings is 1. The monoisotopic (exact) mass is 250 g/mol. The topological polar surface area (TPSA) is 38.5 Å². The van der Waals surface area contributed by atoms with E-state index >= 15 is 0 Å². The Kier molecular flexibility index (Phi) is 6.33. The molecule has 1 unspecified atom stereocenters. The van der Waals surface area contributed by atoms with Crippen LogP contribution in [0.25, 0.3) is 0 Å². The summed E-state index contributed by atoms with van der Waals surface area (Å²) in [6.07, 6.45) is 0.998. The highest BCUT2D eigenvalue weighted by Crippen LogP contribution is 2.21. The summed E-state index contributed by atoms with van der Waals surface area (Å²) >= 11 is 0. The fourth-order valence-electron chi connectivity index (χ4n) is 2.44. The molecule has 102 valence electrons. The minimum absolute atomic E-state index is 0.0562. The molecule has 0 saturated heterocycles. The molecule has 0 radical (unpaired) electrons. The first-order valence-corrected chi connectivity index (χ1v) is 6.70. The van der Waals surface area contributed by atoms with Crippen LogP contribution in [0, 0.1) is 0 Å². The summed E-state index contributed by atoms with van der Waals surface area (Å²) in [6, 6.07) is 10.5. The first kappa shape index (κ1) is 15.2. The third kappa shape index (κ3) is 3.55. The lowest BCUT2D eigenvalue weighted by atomic mass is 9.94. The summed E-state index contributed by atoms with van der Waals surface area (Å²) in [4.78, 5) is 2.42. The van der Waals surface area contributed by atoms with Crippen molar-refractivity contribution in [3.63, 3.8) is 0 Å². The molecule has 1 atom stereocenters. The average molecular weight is 250 g/mol. The number of rotatable bonds is 8. The second-order valence-electron chi connectivity index (χ2n) is 4.71. The molecule has 0 bridgehead atoms. The zero-order valence-electron chi connectivity index (χ0n) is 11.9. The molecule has 1 aromatic carbocycles. The van der Waals surface area contributed by atoms with Crippen molar-refractivity contribution in [2.75, 3.05) is 26.8 Å². The number of likely N-dealkylation sites (N-methyl/N-ethyl adjacent to an activating group) is 1. The lowest BCUT2D eigenvalue weighted by Gasteiger charge is -2.42. The van der Waals surface area contributed by atoms with E-state index in [9.17, 15) is 0 Å². The third-order valence-corrected chi connectivity index (χ3v) is 3.72. The largest absolute Gasteiger partial charge is 0.383 e. The second kappa shape index (κ2) is 7.52. The Balaban J connectivity index is 2.85. The zero-order valence-corrected chi connectivity index (χ0v) is 11.9. The van der Waals surface area contributed by atoms with Gasteiger partial charge in [0, 0.05) is 20.2 Å². The van der Waals surface area contributed by atoms with Gasteiger partial charge in [-0.3, -0.25) is 4.90 Å². The first-order valence-electron chi connectivity index (χ1n) is 6.70. The molecule has 0 amide bonds. The van der Waals surface area contributed by atoms with Crippen LogP contribution < -0.4 is 5.73 Å². The number of hydrogen-bond donors (Lipinski definition) is 1. The molecule has 0 aliphatic heterocycles. The molecular formula is C15H26N2O. The molecule has 3 heteroatoms. The number of nitrogens with zero attached hydrogens (tertiary/aromatic N) is 1. The van der Waals surface area contributed by atoms with Gasteiger partial charge in [0.15, 0.2) is 0 Å². The molecular weight excluding hydrogens is 224 g/mol. The van der Waals surface area contributed by atoms with Crippen LogP contribution in [0.1, 0.15) is 25.8 Å². The smallest absolute Gasteiger partial charge is 0.0659 e. The molecule has 1 rings (SSSR count). The molecule has 0 aliphatic carbocycles. The fourth-order valence-corrected chi connectivity index (χ4v) is 2.44. The summed E-state index contributed by atoms with van der Waals surface area (Å²) in [5.74, 6) is 0. The SMILES string of the molecule is CCN(Cc1ccccc1)C(CC)(CN)COC. The number of ether oxygens (including phenoxy) is 1. The van der Waals surface area contributed by atoms with Crippen molar-refractivity contribution in [1.82, 2.24) is 4.90 Å². The van der Waals surface area contributed by atoms with Crippen molar-refractivity contribution in [3.8, 4) is 0 Å². The van der Waals surface area contributed by atoms with E-state index in [1.807, 2.05) is 6.07 Å². The van der Waals surface area contributed by atoms with Gasteiger partial charge in [-0.25, -0.2) is 0 Å². The Bertz CT molecular complexity index is 323. The molecule has 0 heterocycles. The van der Waals surface area contributed by atoms with Crippen LogP contribution in [0.4, 0.5) is 0 Å². The molecule has 1 aromatic rings. The minimum atomic E-state index is -0.0562. The molecule has 0 aliphatic rings. The highest BCUT2D eigenvalue weighted by molar-refractivity contribution is 5.15. The van der Waals surface area contributed by atoms with Crippen LogP contribution in [0.5, 0.6) is 0 Å². The Labute approximate surface area is 111 Å². The summed E-state index contributed by atoms with van der Waals surface area (Å²) in [7, 11) is 1.75. The van der Waals surface area contributed by atoms with Crippen molar-refractivity contribution < 1.29 is 4.74 Å². The Morgan fingerprint density at radius 2 is 1.89 bits per heavy atom. The van der Waals surface area contributed by atoms with Gasteiger partial charge in [-0.05, 0) is 18.5 Å². The molecule has 2 N–H and O–H groups in total. The van der Waals surface area contributed by atoms with Gasteiger partial charge in [0.2, 0.25) is 0 Å². The Morgan fingerprint density at radius 1 is 1.22 bits per heavy atom. The maximum Gasteiger partial charge on any atom is 0.0659 e. The fraction of sp³-hybridized carbons (Fsp3) is 0.600. The predicted octanol–water partition coefficient (Wildman–Crippen LogP) is 2.26. The lowest BCUT2D eigenvalue weighted by molar-refractivity contribution is 0.00959. The molecule has 0 spiro atoms. The van der Waals surface area contributed by atoms with E-state index in [0.717, 1.165) is 19.5 Å². The second-order valence-corrected chi connectivity index (χ2v) is 4.71. The van der Waals surface area contributed by atoms with Crippen LogP contribution in [-0.2, 0) is 11.3 Å². The molecule has 3 nitrogen and oxygen atoms in total. The van der Waals surface area contributed by atoms with E-state index < -0.39 is 0 Å². The van der Waals surface area contributed by atoms with Crippen molar-refractivity contribution in [1.29, 1.82) is 0 Å². The molecule has 0 saturated carbocycles. The van der Waals surface area contributed by atoms with E-state index in [4.69, 9.17) is 10.5 Å². The van der Waals surface area contributed by atoms with Crippen LogP contribution in [0.15, 0.2) is 30.3 Å².